The molecule has 0 amide bonds. The van der Waals surface area contributed by atoms with E-state index < -0.39 is 0 Å². The van der Waals surface area contributed by atoms with Gasteiger partial charge >= 0.3 is 0 Å². The molecule has 0 fully saturated rings. The van der Waals surface area contributed by atoms with Crippen LogP contribution in [0.5, 0.6) is 0 Å². The number of fused-ring (bicyclic) bond motifs is 1. The number of hydrogen-bond donors (Lipinski definition) is 0. The van der Waals surface area contributed by atoms with Gasteiger partial charge in [0.2, 0.25) is 0 Å². The highest BCUT2D eigenvalue weighted by Gasteiger charge is 2.10. The Kier molecular flexibility index (Phi) is 2.64. The van der Waals surface area contributed by atoms with Crippen LogP contribution < -0.4 is 0 Å². The van der Waals surface area contributed by atoms with Crippen molar-refractivity contribution in [2.45, 2.75) is 10.2 Å². The Morgan fingerprint density at radius 2 is 2.00 bits per heavy atom. The number of hydrogen-bond acceptors (Lipinski definition) is 5. The van der Waals surface area contributed by atoms with Gasteiger partial charge in [0.05, 0.1) is 6.33 Å². The average molecular weight is 226 g/mol. The second kappa shape index (κ2) is 3.78. The molecule has 0 unspecified atom stereocenters. The summed E-state index contributed by atoms with van der Waals surface area (Å²) in [5.41, 5.74) is 1.78. The summed E-state index contributed by atoms with van der Waals surface area (Å²) in [4.78, 5) is 13.1. The van der Waals surface area contributed by atoms with Crippen LogP contribution in [-0.2, 0) is 7.05 Å². The zero-order chi connectivity index (χ0) is 10.1. The zero-order valence-corrected chi connectivity index (χ0v) is 9.82. The molecule has 0 saturated carbocycles. The highest BCUT2D eigenvalue weighted by molar-refractivity contribution is 7.99. The third kappa shape index (κ3) is 1.48. The number of aryl methyl sites for hydroxylation is 1. The number of imidazole rings is 1. The summed E-state index contributed by atoms with van der Waals surface area (Å²) in [6, 6.07) is 0. The predicted molar refractivity (Wildman–Crippen MR) is 59.9 cm³/mol. The highest BCUT2D eigenvalue weighted by atomic mass is 32.2. The lowest BCUT2D eigenvalue weighted by Crippen LogP contribution is -1.94. The largest absolute Gasteiger partial charge is 0.318 e. The normalized spacial score (nSPS) is 11.1. The number of thioether (sulfide) groups is 2. The average Bonchev–Trinajstić information content (AvgIpc) is 2.59. The van der Waals surface area contributed by atoms with Crippen molar-refractivity contribution in [1.29, 1.82) is 0 Å². The molecular weight excluding hydrogens is 216 g/mol. The maximum Gasteiger partial charge on any atom is 0.190 e. The highest BCUT2D eigenvalue weighted by Crippen LogP contribution is 2.24. The van der Waals surface area contributed by atoms with Gasteiger partial charge in [-0.1, -0.05) is 11.8 Å². The van der Waals surface area contributed by atoms with Gasteiger partial charge in [-0.25, -0.2) is 15.0 Å². The Morgan fingerprint density at radius 3 is 2.64 bits per heavy atom. The topological polar surface area (TPSA) is 43.6 Å². The van der Waals surface area contributed by atoms with E-state index in [1.165, 1.54) is 0 Å². The number of rotatable bonds is 2. The molecule has 0 saturated heterocycles. The van der Waals surface area contributed by atoms with Gasteiger partial charge in [-0.15, -0.1) is 11.8 Å². The fourth-order valence-electron chi connectivity index (χ4n) is 1.20. The van der Waals surface area contributed by atoms with Crippen molar-refractivity contribution >= 4 is 34.7 Å². The van der Waals surface area contributed by atoms with E-state index in [2.05, 4.69) is 15.0 Å². The molecule has 0 bridgehead atoms. The van der Waals surface area contributed by atoms with E-state index in [-0.39, 0.29) is 0 Å². The Hall–Kier alpha value is -0.750. The van der Waals surface area contributed by atoms with Gasteiger partial charge in [0.25, 0.3) is 0 Å². The molecule has 0 atom stereocenters. The molecular formula is C8H10N4S2. The first-order chi connectivity index (χ1) is 6.76. The fourth-order valence-corrected chi connectivity index (χ4v) is 2.13. The first kappa shape index (κ1) is 9.79. The molecule has 2 rings (SSSR count). The van der Waals surface area contributed by atoms with Crippen molar-refractivity contribution in [2.24, 2.45) is 7.05 Å². The molecule has 2 aromatic rings. The Balaban J connectivity index is 2.76. The third-order valence-corrected chi connectivity index (χ3v) is 3.10. The molecule has 4 nitrogen and oxygen atoms in total. The van der Waals surface area contributed by atoms with Crippen LogP contribution in [0.15, 0.2) is 16.5 Å². The molecule has 14 heavy (non-hydrogen) atoms. The van der Waals surface area contributed by atoms with Crippen LogP contribution in [0.2, 0.25) is 0 Å². The van der Waals surface area contributed by atoms with Crippen molar-refractivity contribution in [3.05, 3.63) is 6.33 Å². The van der Waals surface area contributed by atoms with Gasteiger partial charge in [0.15, 0.2) is 10.8 Å². The summed E-state index contributed by atoms with van der Waals surface area (Å²) in [6.07, 6.45) is 5.74. The van der Waals surface area contributed by atoms with Crippen molar-refractivity contribution in [1.82, 2.24) is 19.5 Å². The van der Waals surface area contributed by atoms with E-state index in [1.807, 2.05) is 24.1 Å². The van der Waals surface area contributed by atoms with E-state index in [4.69, 9.17) is 0 Å². The Bertz CT molecular complexity index is 466. The van der Waals surface area contributed by atoms with Crippen LogP contribution in [0.25, 0.3) is 11.2 Å². The minimum Gasteiger partial charge on any atom is -0.318 e. The third-order valence-electron chi connectivity index (χ3n) is 1.88. The van der Waals surface area contributed by atoms with Gasteiger partial charge in [0.1, 0.15) is 10.5 Å². The monoisotopic (exact) mass is 226 g/mol. The van der Waals surface area contributed by atoms with Gasteiger partial charge in [-0.2, -0.15) is 0 Å². The van der Waals surface area contributed by atoms with Crippen molar-refractivity contribution in [3.8, 4) is 0 Å². The molecule has 74 valence electrons. The summed E-state index contributed by atoms with van der Waals surface area (Å²) >= 11 is 3.15. The van der Waals surface area contributed by atoms with Gasteiger partial charge in [-0.3, -0.25) is 0 Å². The van der Waals surface area contributed by atoms with Crippen LogP contribution in [-0.4, -0.2) is 32.0 Å². The standard InChI is InChI=1S/C8H10N4S2/c1-12-4-9-5-6(12)10-8(14-3)11-7(5)13-2/h4H,1-3H3. The van der Waals surface area contributed by atoms with E-state index in [0.29, 0.717) is 0 Å². The SMILES string of the molecule is CSc1nc(SC)c2ncn(C)c2n1. The maximum absolute atomic E-state index is 4.40. The van der Waals surface area contributed by atoms with Crippen LogP contribution in [0, 0.1) is 0 Å². The van der Waals surface area contributed by atoms with E-state index in [1.54, 1.807) is 29.9 Å². The molecule has 0 spiro atoms. The molecule has 0 aliphatic heterocycles. The van der Waals surface area contributed by atoms with Crippen LogP contribution in [0.1, 0.15) is 0 Å². The van der Waals surface area contributed by atoms with E-state index in [9.17, 15) is 0 Å². The van der Waals surface area contributed by atoms with Crippen LogP contribution in [0.3, 0.4) is 0 Å². The molecule has 0 N–H and O–H groups in total. The lowest BCUT2D eigenvalue weighted by Gasteiger charge is -2.00. The van der Waals surface area contributed by atoms with Crippen molar-refractivity contribution < 1.29 is 0 Å². The van der Waals surface area contributed by atoms with Crippen LogP contribution in [0.4, 0.5) is 0 Å². The van der Waals surface area contributed by atoms with Crippen LogP contribution >= 0.6 is 23.5 Å². The number of aromatic nitrogens is 4. The minimum atomic E-state index is 0.797. The molecule has 6 heteroatoms. The fraction of sp³-hybridized carbons (Fsp3) is 0.375. The zero-order valence-electron chi connectivity index (χ0n) is 8.18. The molecule has 0 aliphatic carbocycles. The lowest BCUT2D eigenvalue weighted by molar-refractivity contribution is 0.879. The Morgan fingerprint density at radius 1 is 1.21 bits per heavy atom. The summed E-state index contributed by atoms with van der Waals surface area (Å²) in [5, 5.41) is 1.74. The summed E-state index contributed by atoms with van der Waals surface area (Å²) in [7, 11) is 1.94. The maximum atomic E-state index is 4.40. The molecule has 0 aromatic carbocycles. The Labute approximate surface area is 90.5 Å². The number of nitrogens with zero attached hydrogens (tertiary/aromatic N) is 4. The van der Waals surface area contributed by atoms with E-state index >= 15 is 0 Å². The summed E-state index contributed by atoms with van der Waals surface area (Å²) < 4.78 is 1.91. The molecule has 0 aliphatic rings. The molecule has 0 radical (unpaired) electrons. The van der Waals surface area contributed by atoms with Crippen molar-refractivity contribution in [3.63, 3.8) is 0 Å². The summed E-state index contributed by atoms with van der Waals surface area (Å²) in [6.45, 7) is 0. The smallest absolute Gasteiger partial charge is 0.190 e. The van der Waals surface area contributed by atoms with Gasteiger partial charge in [0, 0.05) is 7.05 Å². The molecule has 2 heterocycles. The predicted octanol–water partition coefficient (Wildman–Crippen LogP) is 1.81. The lowest BCUT2D eigenvalue weighted by atomic mass is 10.5. The quantitative estimate of drug-likeness (QED) is 0.444. The van der Waals surface area contributed by atoms with E-state index in [0.717, 1.165) is 21.3 Å². The second-order valence-corrected chi connectivity index (χ2v) is 4.32. The molecule has 2 aromatic heterocycles. The summed E-state index contributed by atoms with van der Waals surface area (Å²) in [5.74, 6) is 0. The first-order valence-electron chi connectivity index (χ1n) is 4.03. The second-order valence-electron chi connectivity index (χ2n) is 2.75. The first-order valence-corrected chi connectivity index (χ1v) is 6.48. The van der Waals surface area contributed by atoms with Gasteiger partial charge in [-0.05, 0) is 12.5 Å². The van der Waals surface area contributed by atoms with Gasteiger partial charge < -0.3 is 4.57 Å². The minimum absolute atomic E-state index is 0.797. The van der Waals surface area contributed by atoms with Crippen molar-refractivity contribution in [2.75, 3.05) is 12.5 Å².